The maximum absolute atomic E-state index is 13.0. The molecule has 0 saturated heterocycles. The molecular weight excluding hydrogens is 356 g/mol. The predicted molar refractivity (Wildman–Crippen MR) is 108 cm³/mol. The highest BCUT2D eigenvalue weighted by Gasteiger charge is 2.35. The van der Waals surface area contributed by atoms with Gasteiger partial charge < -0.3 is 4.74 Å². The van der Waals surface area contributed by atoms with E-state index >= 15 is 0 Å². The molecule has 4 rings (SSSR count). The Kier molecular flexibility index (Phi) is 5.91. The SMILES string of the molecule is CC(C(=O)OC1CCCCC1)c1ccc2c(c1)SC[C@@H]1CCCC[C@H]1C2=O. The molecule has 2 aliphatic carbocycles. The molecule has 2 fully saturated rings. The summed E-state index contributed by atoms with van der Waals surface area (Å²) < 4.78 is 5.76. The standard InChI is InChI=1S/C23H30O3S/c1-15(23(25)26-18-8-3-2-4-9-18)16-11-12-20-21(13-16)27-14-17-7-5-6-10-19(17)22(20)24/h11-13,15,17-19H,2-10,14H2,1H3/t15?,17-,19+/m0/s1. The lowest BCUT2D eigenvalue weighted by atomic mass is 9.76. The summed E-state index contributed by atoms with van der Waals surface area (Å²) in [4.78, 5) is 26.7. The molecule has 0 bridgehead atoms. The van der Waals surface area contributed by atoms with Gasteiger partial charge in [0.15, 0.2) is 5.78 Å². The third-order valence-corrected chi connectivity index (χ3v) is 7.90. The van der Waals surface area contributed by atoms with Crippen LogP contribution in [0.3, 0.4) is 0 Å². The average Bonchev–Trinajstić information content (AvgIpc) is 2.85. The Morgan fingerprint density at radius 3 is 2.63 bits per heavy atom. The number of thioether (sulfide) groups is 1. The van der Waals surface area contributed by atoms with Crippen LogP contribution in [0.25, 0.3) is 0 Å². The molecule has 1 aromatic carbocycles. The van der Waals surface area contributed by atoms with Gasteiger partial charge in [0, 0.05) is 22.1 Å². The highest BCUT2D eigenvalue weighted by Crippen LogP contribution is 2.42. The lowest BCUT2D eigenvalue weighted by molar-refractivity contribution is -0.151. The zero-order chi connectivity index (χ0) is 18.8. The van der Waals surface area contributed by atoms with Crippen LogP contribution >= 0.6 is 11.8 Å². The van der Waals surface area contributed by atoms with E-state index in [1.165, 1.54) is 25.7 Å². The third kappa shape index (κ3) is 4.11. The fraction of sp³-hybridized carbons (Fsp3) is 0.652. The second-order valence-corrected chi connectivity index (χ2v) is 9.56. The molecule has 1 heterocycles. The smallest absolute Gasteiger partial charge is 0.313 e. The number of esters is 1. The molecule has 1 aliphatic heterocycles. The number of ketones is 1. The number of rotatable bonds is 3. The topological polar surface area (TPSA) is 43.4 Å². The Balaban J connectivity index is 1.49. The highest BCUT2D eigenvalue weighted by molar-refractivity contribution is 7.99. The molecule has 1 unspecified atom stereocenters. The van der Waals surface area contributed by atoms with Crippen molar-refractivity contribution in [2.75, 3.05) is 5.75 Å². The first-order valence-corrected chi connectivity index (χ1v) is 11.6. The maximum Gasteiger partial charge on any atom is 0.313 e. The Bertz CT molecular complexity index is 708. The Morgan fingerprint density at radius 1 is 1.07 bits per heavy atom. The van der Waals surface area contributed by atoms with E-state index in [0.717, 1.165) is 53.9 Å². The van der Waals surface area contributed by atoms with Gasteiger partial charge in [-0.25, -0.2) is 0 Å². The van der Waals surface area contributed by atoms with E-state index in [1.807, 2.05) is 19.1 Å². The molecule has 3 aliphatic rings. The molecule has 0 amide bonds. The fourth-order valence-electron chi connectivity index (χ4n) is 4.87. The van der Waals surface area contributed by atoms with Gasteiger partial charge in [0.25, 0.3) is 0 Å². The molecule has 1 aromatic rings. The molecule has 27 heavy (non-hydrogen) atoms. The molecule has 0 aromatic heterocycles. The first-order chi connectivity index (χ1) is 13.1. The van der Waals surface area contributed by atoms with Crippen LogP contribution in [0.15, 0.2) is 23.1 Å². The van der Waals surface area contributed by atoms with Crippen molar-refractivity contribution in [2.45, 2.75) is 81.6 Å². The van der Waals surface area contributed by atoms with Gasteiger partial charge >= 0.3 is 5.97 Å². The Hall–Kier alpha value is -1.29. The molecule has 3 atom stereocenters. The second kappa shape index (κ2) is 8.38. The largest absolute Gasteiger partial charge is 0.462 e. The summed E-state index contributed by atoms with van der Waals surface area (Å²) in [7, 11) is 0. The summed E-state index contributed by atoms with van der Waals surface area (Å²) in [5.41, 5.74) is 1.84. The van der Waals surface area contributed by atoms with Crippen molar-refractivity contribution in [3.63, 3.8) is 0 Å². The van der Waals surface area contributed by atoms with E-state index in [-0.39, 0.29) is 23.9 Å². The number of ether oxygens (including phenoxy) is 1. The van der Waals surface area contributed by atoms with Crippen molar-refractivity contribution in [1.29, 1.82) is 0 Å². The van der Waals surface area contributed by atoms with Gasteiger partial charge in [-0.3, -0.25) is 9.59 Å². The van der Waals surface area contributed by atoms with Crippen molar-refractivity contribution >= 4 is 23.5 Å². The first kappa shape index (κ1) is 19.0. The van der Waals surface area contributed by atoms with Gasteiger partial charge in [-0.2, -0.15) is 0 Å². The van der Waals surface area contributed by atoms with Crippen LogP contribution in [-0.2, 0) is 9.53 Å². The minimum Gasteiger partial charge on any atom is -0.462 e. The molecule has 2 saturated carbocycles. The van der Waals surface area contributed by atoms with E-state index < -0.39 is 0 Å². The van der Waals surface area contributed by atoms with Crippen molar-refractivity contribution in [3.8, 4) is 0 Å². The molecule has 3 nitrogen and oxygen atoms in total. The molecule has 4 heteroatoms. The Labute approximate surface area is 166 Å². The zero-order valence-corrected chi connectivity index (χ0v) is 17.1. The van der Waals surface area contributed by atoms with Gasteiger partial charge in [-0.1, -0.05) is 25.3 Å². The summed E-state index contributed by atoms with van der Waals surface area (Å²) in [6, 6.07) is 6.00. The molecule has 0 N–H and O–H groups in total. The van der Waals surface area contributed by atoms with E-state index in [4.69, 9.17) is 4.74 Å². The van der Waals surface area contributed by atoms with Crippen molar-refractivity contribution in [3.05, 3.63) is 29.3 Å². The van der Waals surface area contributed by atoms with Crippen LogP contribution in [0.2, 0.25) is 0 Å². The van der Waals surface area contributed by atoms with Crippen LogP contribution in [0.1, 0.15) is 86.6 Å². The summed E-state index contributed by atoms with van der Waals surface area (Å²) in [6.45, 7) is 1.93. The number of Topliss-reactive ketones (excluding diaryl/α,β-unsaturated/α-hetero) is 1. The first-order valence-electron chi connectivity index (χ1n) is 10.6. The van der Waals surface area contributed by atoms with Crippen LogP contribution in [0.4, 0.5) is 0 Å². The van der Waals surface area contributed by atoms with Gasteiger partial charge in [-0.05, 0) is 69.1 Å². The number of carbonyl (C=O) groups excluding carboxylic acids is 2. The van der Waals surface area contributed by atoms with Crippen LogP contribution < -0.4 is 0 Å². The lowest BCUT2D eigenvalue weighted by Crippen LogP contribution is -2.27. The van der Waals surface area contributed by atoms with E-state index in [9.17, 15) is 9.59 Å². The zero-order valence-electron chi connectivity index (χ0n) is 16.2. The lowest BCUT2D eigenvalue weighted by Gasteiger charge is -2.28. The maximum atomic E-state index is 13.0. The number of hydrogen-bond donors (Lipinski definition) is 0. The van der Waals surface area contributed by atoms with Crippen LogP contribution in [-0.4, -0.2) is 23.6 Å². The number of carbonyl (C=O) groups is 2. The van der Waals surface area contributed by atoms with Gasteiger partial charge in [-0.15, -0.1) is 11.8 Å². The van der Waals surface area contributed by atoms with Crippen LogP contribution in [0, 0.1) is 11.8 Å². The average molecular weight is 387 g/mol. The minimum absolute atomic E-state index is 0.0913. The summed E-state index contributed by atoms with van der Waals surface area (Å²) in [5, 5.41) is 0. The van der Waals surface area contributed by atoms with Crippen LogP contribution in [0.5, 0.6) is 0 Å². The molecular formula is C23H30O3S. The summed E-state index contributed by atoms with van der Waals surface area (Å²) in [5.74, 6) is 1.66. The molecule has 0 radical (unpaired) electrons. The highest BCUT2D eigenvalue weighted by atomic mass is 32.2. The summed E-state index contributed by atoms with van der Waals surface area (Å²) >= 11 is 1.80. The number of fused-ring (bicyclic) bond motifs is 2. The second-order valence-electron chi connectivity index (χ2n) is 8.50. The van der Waals surface area contributed by atoms with E-state index in [0.29, 0.717) is 11.7 Å². The van der Waals surface area contributed by atoms with E-state index in [2.05, 4.69) is 6.07 Å². The van der Waals surface area contributed by atoms with Crippen molar-refractivity contribution < 1.29 is 14.3 Å². The molecule has 0 spiro atoms. The van der Waals surface area contributed by atoms with Crippen molar-refractivity contribution in [1.82, 2.24) is 0 Å². The van der Waals surface area contributed by atoms with Crippen molar-refractivity contribution in [2.24, 2.45) is 11.8 Å². The van der Waals surface area contributed by atoms with Gasteiger partial charge in [0.05, 0.1) is 5.92 Å². The predicted octanol–water partition coefficient (Wildman–Crippen LogP) is 5.76. The quantitative estimate of drug-likeness (QED) is 0.619. The number of hydrogen-bond acceptors (Lipinski definition) is 4. The Morgan fingerprint density at radius 2 is 1.81 bits per heavy atom. The van der Waals surface area contributed by atoms with Gasteiger partial charge in [0.1, 0.15) is 6.10 Å². The fourth-order valence-corrected chi connectivity index (χ4v) is 6.20. The third-order valence-electron chi connectivity index (χ3n) is 6.66. The van der Waals surface area contributed by atoms with E-state index in [1.54, 1.807) is 11.8 Å². The summed E-state index contributed by atoms with van der Waals surface area (Å²) in [6.07, 6.45) is 10.3. The normalized spacial score (nSPS) is 27.2. The van der Waals surface area contributed by atoms with Gasteiger partial charge in [0.2, 0.25) is 0 Å². The monoisotopic (exact) mass is 386 g/mol. The minimum atomic E-state index is -0.279. The molecule has 146 valence electrons. The number of benzene rings is 1.